The van der Waals surface area contributed by atoms with E-state index in [1.165, 1.54) is 7.11 Å². The summed E-state index contributed by atoms with van der Waals surface area (Å²) in [6, 6.07) is 10.6. The van der Waals surface area contributed by atoms with Crippen molar-refractivity contribution in [3.8, 4) is 22.6 Å². The van der Waals surface area contributed by atoms with E-state index in [1.807, 2.05) is 43.3 Å². The topological polar surface area (TPSA) is 83.1 Å². The number of esters is 1. The molecule has 9 heteroatoms. The first-order chi connectivity index (χ1) is 17.8. The fraction of sp³-hybridized carbons (Fsp3) is 0.429. The average molecular weight is 550 g/mol. The van der Waals surface area contributed by atoms with Crippen LogP contribution in [0.1, 0.15) is 37.3 Å². The zero-order valence-corrected chi connectivity index (χ0v) is 23.1. The van der Waals surface area contributed by atoms with Gasteiger partial charge in [0, 0.05) is 13.0 Å². The number of hydrogen-bond donors (Lipinski definition) is 1. The third-order valence-electron chi connectivity index (χ3n) is 6.47. The summed E-state index contributed by atoms with van der Waals surface area (Å²) in [6.45, 7) is 3.01. The van der Waals surface area contributed by atoms with E-state index in [4.69, 9.17) is 42.1 Å². The summed E-state index contributed by atoms with van der Waals surface area (Å²) < 4.78 is 21.7. The zero-order valence-electron chi connectivity index (χ0n) is 21.6. The van der Waals surface area contributed by atoms with Crippen LogP contribution in [0.2, 0.25) is 0 Å². The Bertz CT molecular complexity index is 1100. The second-order valence-electron chi connectivity index (χ2n) is 8.76. The zero-order chi connectivity index (χ0) is 26.9. The van der Waals surface area contributed by atoms with Gasteiger partial charge in [-0.25, -0.2) is 4.79 Å². The molecule has 1 aliphatic rings. The van der Waals surface area contributed by atoms with Crippen molar-refractivity contribution in [1.29, 1.82) is 0 Å². The minimum absolute atomic E-state index is 0.00691. The molecule has 0 spiro atoms. The van der Waals surface area contributed by atoms with Gasteiger partial charge in [0.05, 0.1) is 39.1 Å². The monoisotopic (exact) mass is 549 g/mol. The molecule has 0 bridgehead atoms. The Morgan fingerprint density at radius 1 is 1.00 bits per heavy atom. The number of carbonyl (C=O) groups is 2. The van der Waals surface area contributed by atoms with E-state index in [1.54, 1.807) is 14.2 Å². The highest BCUT2D eigenvalue weighted by atomic mass is 35.5. The largest absolute Gasteiger partial charge is 0.496 e. The van der Waals surface area contributed by atoms with Crippen molar-refractivity contribution in [2.45, 2.75) is 45.3 Å². The predicted octanol–water partition coefficient (Wildman–Crippen LogP) is 5.60. The van der Waals surface area contributed by atoms with Crippen LogP contribution in [-0.2, 0) is 32.1 Å². The molecule has 3 rings (SSSR count). The van der Waals surface area contributed by atoms with Crippen LogP contribution >= 0.6 is 23.2 Å². The quantitative estimate of drug-likeness (QED) is 0.274. The molecule has 1 saturated carbocycles. The van der Waals surface area contributed by atoms with E-state index < -0.39 is 17.9 Å². The molecule has 0 unspecified atom stereocenters. The number of nitrogens with one attached hydrogen (secondary N) is 1. The molecule has 2 aromatic carbocycles. The highest BCUT2D eigenvalue weighted by Crippen LogP contribution is 2.40. The molecule has 0 aromatic heterocycles. The van der Waals surface area contributed by atoms with Gasteiger partial charge in [-0.3, -0.25) is 4.79 Å². The van der Waals surface area contributed by atoms with Gasteiger partial charge >= 0.3 is 5.97 Å². The summed E-state index contributed by atoms with van der Waals surface area (Å²) in [5, 5.41) is 2.76. The average Bonchev–Trinajstić information content (AvgIpc) is 2.87. The summed E-state index contributed by atoms with van der Waals surface area (Å²) in [7, 11) is 4.51. The van der Waals surface area contributed by atoms with E-state index in [-0.39, 0.29) is 16.8 Å². The highest BCUT2D eigenvalue weighted by molar-refractivity contribution is 6.57. The molecule has 200 valence electrons. The lowest BCUT2D eigenvalue weighted by Crippen LogP contribution is -2.45. The number of rotatable bonds is 12. The first-order valence-electron chi connectivity index (χ1n) is 12.2. The van der Waals surface area contributed by atoms with Crippen molar-refractivity contribution in [2.24, 2.45) is 5.92 Å². The van der Waals surface area contributed by atoms with Gasteiger partial charge in [-0.2, -0.15) is 0 Å². The van der Waals surface area contributed by atoms with Crippen LogP contribution in [0.3, 0.4) is 0 Å². The smallest absolute Gasteiger partial charge is 0.328 e. The molecule has 0 saturated heterocycles. The van der Waals surface area contributed by atoms with Crippen molar-refractivity contribution >= 4 is 35.1 Å². The van der Waals surface area contributed by atoms with Gasteiger partial charge < -0.3 is 24.3 Å². The van der Waals surface area contributed by atoms with Crippen molar-refractivity contribution in [3.63, 3.8) is 0 Å². The van der Waals surface area contributed by atoms with Crippen LogP contribution in [-0.4, -0.2) is 45.9 Å². The SMILES string of the molecule is CCOCc1cc(OC)c(-c2ccc(C[C@H](NC(=O)C(=C(Cl)Cl)C3CCC3)C(=O)OC)cc2)c(OC)c1. The fourth-order valence-electron chi connectivity index (χ4n) is 4.29. The fourth-order valence-corrected chi connectivity index (χ4v) is 4.77. The molecule has 1 N–H and O–H groups in total. The normalized spacial score (nSPS) is 13.8. The maximum atomic E-state index is 12.9. The molecule has 1 fully saturated rings. The Morgan fingerprint density at radius 3 is 2.08 bits per heavy atom. The lowest BCUT2D eigenvalue weighted by molar-refractivity contribution is -0.144. The Balaban J connectivity index is 1.82. The molecule has 1 aliphatic carbocycles. The van der Waals surface area contributed by atoms with Crippen molar-refractivity contribution in [3.05, 3.63) is 57.6 Å². The van der Waals surface area contributed by atoms with E-state index in [9.17, 15) is 9.59 Å². The Labute approximate surface area is 228 Å². The highest BCUT2D eigenvalue weighted by Gasteiger charge is 2.32. The summed E-state index contributed by atoms with van der Waals surface area (Å²) in [4.78, 5) is 25.4. The molecular weight excluding hydrogens is 517 g/mol. The first-order valence-corrected chi connectivity index (χ1v) is 12.9. The maximum Gasteiger partial charge on any atom is 0.328 e. The van der Waals surface area contributed by atoms with E-state index in [0.717, 1.165) is 41.5 Å². The molecule has 1 atom stereocenters. The van der Waals surface area contributed by atoms with Gasteiger partial charge in [0.1, 0.15) is 22.0 Å². The molecular formula is C28H33Cl2NO6. The van der Waals surface area contributed by atoms with Gasteiger partial charge in [-0.1, -0.05) is 53.9 Å². The van der Waals surface area contributed by atoms with Crippen molar-refractivity contribution < 1.29 is 28.5 Å². The standard InChI is InChI=1S/C28H33Cl2NO6/c1-5-37-16-18-14-22(34-2)24(23(15-18)35-3)20-11-9-17(10-12-20)13-21(28(33)36-4)31-27(32)25(26(29)30)19-7-6-8-19/h9-12,14-15,19,21H,5-8,13,16H2,1-4H3,(H,31,32)/t21-/m0/s1. The number of amides is 1. The third kappa shape index (κ3) is 7.18. The minimum atomic E-state index is -0.895. The Hall–Kier alpha value is -2.74. The summed E-state index contributed by atoms with van der Waals surface area (Å²) in [6.07, 6.45) is 2.93. The van der Waals surface area contributed by atoms with Gasteiger partial charge in [0.25, 0.3) is 5.91 Å². The number of halogens is 2. The second-order valence-corrected chi connectivity index (χ2v) is 9.71. The van der Waals surface area contributed by atoms with E-state index >= 15 is 0 Å². The second kappa shape index (κ2) is 13.7. The van der Waals surface area contributed by atoms with E-state index in [0.29, 0.717) is 30.3 Å². The number of methoxy groups -OCH3 is 3. The summed E-state index contributed by atoms with van der Waals surface area (Å²) in [5.74, 6) is 0.333. The molecule has 0 radical (unpaired) electrons. The van der Waals surface area contributed by atoms with Gasteiger partial charge in [0.15, 0.2) is 0 Å². The van der Waals surface area contributed by atoms with Crippen molar-refractivity contribution in [1.82, 2.24) is 5.32 Å². The minimum Gasteiger partial charge on any atom is -0.496 e. The molecule has 0 heterocycles. The molecule has 1 amide bonds. The van der Waals surface area contributed by atoms with Crippen LogP contribution in [0.15, 0.2) is 46.5 Å². The molecule has 2 aromatic rings. The van der Waals surface area contributed by atoms with Gasteiger partial charge in [0.2, 0.25) is 0 Å². The number of ether oxygens (including phenoxy) is 4. The lowest BCUT2D eigenvalue weighted by Gasteiger charge is -2.28. The lowest BCUT2D eigenvalue weighted by atomic mass is 9.80. The number of hydrogen-bond acceptors (Lipinski definition) is 6. The van der Waals surface area contributed by atoms with Crippen LogP contribution in [0, 0.1) is 5.92 Å². The Kier molecular flexibility index (Phi) is 10.7. The van der Waals surface area contributed by atoms with Crippen molar-refractivity contribution in [2.75, 3.05) is 27.9 Å². The molecule has 7 nitrogen and oxygen atoms in total. The maximum absolute atomic E-state index is 12.9. The number of carbonyl (C=O) groups excluding carboxylic acids is 2. The summed E-state index contributed by atoms with van der Waals surface area (Å²) >= 11 is 12.0. The van der Waals surface area contributed by atoms with Gasteiger partial charge in [-0.15, -0.1) is 0 Å². The third-order valence-corrected chi connectivity index (χ3v) is 6.88. The van der Waals surface area contributed by atoms with Crippen LogP contribution in [0.4, 0.5) is 0 Å². The van der Waals surface area contributed by atoms with Crippen LogP contribution in [0.5, 0.6) is 11.5 Å². The van der Waals surface area contributed by atoms with E-state index in [2.05, 4.69) is 5.32 Å². The molecule has 0 aliphatic heterocycles. The van der Waals surface area contributed by atoms with Crippen LogP contribution < -0.4 is 14.8 Å². The van der Waals surface area contributed by atoms with Gasteiger partial charge in [-0.05, 0) is 54.5 Å². The summed E-state index contributed by atoms with van der Waals surface area (Å²) in [5.41, 5.74) is 3.78. The van der Waals surface area contributed by atoms with Crippen LogP contribution in [0.25, 0.3) is 11.1 Å². The Morgan fingerprint density at radius 2 is 1.62 bits per heavy atom. The molecule has 37 heavy (non-hydrogen) atoms. The number of benzene rings is 2. The predicted molar refractivity (Wildman–Crippen MR) is 144 cm³/mol. The first kappa shape index (κ1) is 28.8.